The Kier molecular flexibility index (Phi) is 2.93. The summed E-state index contributed by atoms with van der Waals surface area (Å²) in [6.07, 6.45) is 1.84. The Bertz CT molecular complexity index is 703. The molecule has 0 atom stereocenters. The Balaban J connectivity index is 0.000000963. The van der Waals surface area contributed by atoms with Crippen LogP contribution in [0.15, 0.2) is 53.5 Å². The molecule has 0 bridgehead atoms. The third-order valence-electron chi connectivity index (χ3n) is 2.64. The van der Waals surface area contributed by atoms with E-state index in [4.69, 9.17) is 0 Å². The van der Waals surface area contributed by atoms with Crippen molar-refractivity contribution in [1.29, 1.82) is 0 Å². The van der Waals surface area contributed by atoms with Crippen LogP contribution in [0.1, 0.15) is 0 Å². The SMILES string of the molecule is O=c1cccc2ccc3ccc[nH]c3c12.[Pt]. The summed E-state index contributed by atoms with van der Waals surface area (Å²) >= 11 is 0. The molecule has 0 aliphatic rings. The van der Waals surface area contributed by atoms with Crippen LogP contribution in [0, 0.1) is 0 Å². The molecule has 1 N–H and O–H groups in total. The van der Waals surface area contributed by atoms with Crippen molar-refractivity contribution in [1.82, 2.24) is 4.98 Å². The predicted molar refractivity (Wildman–Crippen MR) is 62.1 cm³/mol. The maximum absolute atomic E-state index is 11.8. The number of rotatable bonds is 0. The summed E-state index contributed by atoms with van der Waals surface area (Å²) in [6.45, 7) is 0. The Labute approximate surface area is 107 Å². The second-order valence-corrected chi connectivity index (χ2v) is 3.55. The third kappa shape index (κ3) is 1.59. The van der Waals surface area contributed by atoms with Crippen molar-refractivity contribution in [3.8, 4) is 0 Å². The normalized spacial score (nSPS) is 10.2. The molecule has 0 unspecified atom stereocenters. The summed E-state index contributed by atoms with van der Waals surface area (Å²) in [7, 11) is 0. The molecule has 0 radical (unpaired) electrons. The fourth-order valence-corrected chi connectivity index (χ4v) is 1.94. The van der Waals surface area contributed by atoms with E-state index in [1.165, 1.54) is 0 Å². The third-order valence-corrected chi connectivity index (χ3v) is 2.64. The first-order valence-electron chi connectivity index (χ1n) is 4.85. The number of aromatic nitrogens is 1. The van der Waals surface area contributed by atoms with Gasteiger partial charge in [-0.25, -0.2) is 0 Å². The second-order valence-electron chi connectivity index (χ2n) is 3.55. The zero-order chi connectivity index (χ0) is 10.3. The summed E-state index contributed by atoms with van der Waals surface area (Å²) < 4.78 is 0. The fourth-order valence-electron chi connectivity index (χ4n) is 1.94. The fraction of sp³-hybridized carbons (Fsp3) is 0. The van der Waals surface area contributed by atoms with E-state index in [1.54, 1.807) is 12.1 Å². The van der Waals surface area contributed by atoms with Gasteiger partial charge in [-0.3, -0.25) is 4.79 Å². The van der Waals surface area contributed by atoms with Gasteiger partial charge in [-0.2, -0.15) is 0 Å². The number of nitrogens with one attached hydrogen (secondary N) is 1. The second kappa shape index (κ2) is 4.23. The van der Waals surface area contributed by atoms with Gasteiger partial charge < -0.3 is 4.98 Å². The number of aromatic amines is 1. The molecule has 2 nitrogen and oxygen atoms in total. The summed E-state index contributed by atoms with van der Waals surface area (Å²) in [6, 6.07) is 13.3. The van der Waals surface area contributed by atoms with E-state index in [0.717, 1.165) is 21.7 Å². The van der Waals surface area contributed by atoms with Gasteiger partial charge in [0.1, 0.15) is 0 Å². The van der Waals surface area contributed by atoms with E-state index in [-0.39, 0.29) is 26.5 Å². The van der Waals surface area contributed by atoms with Crippen LogP contribution in [0.3, 0.4) is 0 Å². The average Bonchev–Trinajstić information content (AvgIpc) is 2.29. The largest absolute Gasteiger partial charge is 0.361 e. The molecule has 2 aromatic carbocycles. The molecule has 0 saturated carbocycles. The van der Waals surface area contributed by atoms with E-state index in [2.05, 4.69) is 4.98 Å². The first-order valence-corrected chi connectivity index (χ1v) is 4.85. The number of hydrogen-bond acceptors (Lipinski definition) is 1. The summed E-state index contributed by atoms with van der Waals surface area (Å²) in [5.74, 6) is 0. The van der Waals surface area contributed by atoms with Gasteiger partial charge in [0.05, 0.1) is 10.9 Å². The van der Waals surface area contributed by atoms with E-state index in [9.17, 15) is 4.79 Å². The van der Waals surface area contributed by atoms with Crippen LogP contribution in [0.4, 0.5) is 0 Å². The van der Waals surface area contributed by atoms with E-state index in [1.807, 2.05) is 36.5 Å². The van der Waals surface area contributed by atoms with Crippen molar-refractivity contribution in [3.63, 3.8) is 0 Å². The monoisotopic (exact) mass is 390 g/mol. The number of fused-ring (bicyclic) bond motifs is 3. The minimum atomic E-state index is 0. The molecule has 0 amide bonds. The van der Waals surface area contributed by atoms with Gasteiger partial charge in [0, 0.05) is 27.3 Å². The molecule has 0 saturated heterocycles. The van der Waals surface area contributed by atoms with Crippen LogP contribution in [-0.2, 0) is 21.1 Å². The topological polar surface area (TPSA) is 32.9 Å². The molecule has 3 rings (SSSR count). The minimum Gasteiger partial charge on any atom is -0.361 e. The van der Waals surface area contributed by atoms with Gasteiger partial charge in [-0.15, -0.1) is 0 Å². The van der Waals surface area contributed by atoms with Gasteiger partial charge in [0.2, 0.25) is 0 Å². The standard InChI is InChI=1S/C13H9NO.Pt/c15-11-5-1-3-9-6-7-10-4-2-8-14-13(10)12(9)11;/h1-8,14H;. The molecular weight excluding hydrogens is 381 g/mol. The van der Waals surface area contributed by atoms with Crippen LogP contribution in [0.25, 0.3) is 21.7 Å². The molecule has 0 aliphatic carbocycles. The van der Waals surface area contributed by atoms with Crippen molar-refractivity contribution in [2.75, 3.05) is 0 Å². The maximum Gasteiger partial charge on any atom is 0.188 e. The van der Waals surface area contributed by atoms with E-state index < -0.39 is 0 Å². The van der Waals surface area contributed by atoms with Crippen LogP contribution >= 0.6 is 0 Å². The van der Waals surface area contributed by atoms with E-state index in [0.29, 0.717) is 0 Å². The number of benzene rings is 2. The number of H-pyrrole nitrogens is 1. The van der Waals surface area contributed by atoms with E-state index >= 15 is 0 Å². The summed E-state index contributed by atoms with van der Waals surface area (Å²) in [5.41, 5.74) is 0.987. The predicted octanol–water partition coefficient (Wildman–Crippen LogP) is 2.68. The molecule has 0 aliphatic heterocycles. The van der Waals surface area contributed by atoms with Crippen LogP contribution in [0.2, 0.25) is 0 Å². The maximum atomic E-state index is 11.8. The smallest absolute Gasteiger partial charge is 0.188 e. The summed E-state index contributed by atoms with van der Waals surface area (Å²) in [4.78, 5) is 14.9. The van der Waals surface area contributed by atoms with Gasteiger partial charge in [-0.05, 0) is 22.9 Å². The van der Waals surface area contributed by atoms with Crippen LogP contribution < -0.4 is 5.43 Å². The molecule has 1 heterocycles. The number of hydrogen-bond donors (Lipinski definition) is 1. The molecule has 3 heteroatoms. The molecule has 0 fully saturated rings. The number of pyridine rings is 1. The summed E-state index contributed by atoms with van der Waals surface area (Å²) in [5, 5.41) is 2.82. The van der Waals surface area contributed by atoms with Crippen molar-refractivity contribution in [2.45, 2.75) is 0 Å². The quantitative estimate of drug-likeness (QED) is 0.589. The Morgan fingerprint density at radius 1 is 0.875 bits per heavy atom. The molecule has 0 spiro atoms. The molecule has 1 aromatic heterocycles. The Morgan fingerprint density at radius 2 is 1.62 bits per heavy atom. The molecule has 82 valence electrons. The zero-order valence-corrected chi connectivity index (χ0v) is 10.6. The first kappa shape index (κ1) is 11.1. The molecule has 3 aromatic rings. The minimum absolute atomic E-state index is 0. The molecular formula is C13H9NOPt. The average molecular weight is 390 g/mol. The van der Waals surface area contributed by atoms with Gasteiger partial charge in [0.25, 0.3) is 0 Å². The Morgan fingerprint density at radius 3 is 2.50 bits per heavy atom. The van der Waals surface area contributed by atoms with Crippen molar-refractivity contribution < 1.29 is 21.1 Å². The van der Waals surface area contributed by atoms with Crippen molar-refractivity contribution >= 4 is 21.7 Å². The van der Waals surface area contributed by atoms with Crippen LogP contribution in [-0.4, -0.2) is 4.98 Å². The van der Waals surface area contributed by atoms with Crippen molar-refractivity contribution in [2.24, 2.45) is 0 Å². The molecule has 16 heavy (non-hydrogen) atoms. The van der Waals surface area contributed by atoms with Crippen molar-refractivity contribution in [3.05, 3.63) is 58.9 Å². The van der Waals surface area contributed by atoms with Gasteiger partial charge >= 0.3 is 0 Å². The Hall–Kier alpha value is -1.40. The first-order chi connectivity index (χ1) is 7.36. The zero-order valence-electron chi connectivity index (χ0n) is 8.34. The van der Waals surface area contributed by atoms with Crippen LogP contribution in [0.5, 0.6) is 0 Å². The van der Waals surface area contributed by atoms with Gasteiger partial charge in [0.15, 0.2) is 5.43 Å². The van der Waals surface area contributed by atoms with Gasteiger partial charge in [-0.1, -0.05) is 30.3 Å².